The highest BCUT2D eigenvalue weighted by Gasteiger charge is 2.32. The molecule has 1 unspecified atom stereocenters. The average Bonchev–Trinajstić information content (AvgIpc) is 2.28. The van der Waals surface area contributed by atoms with Gasteiger partial charge in [-0.15, -0.1) is 0 Å². The first-order valence-corrected chi connectivity index (χ1v) is 6.00. The molecule has 0 heterocycles. The van der Waals surface area contributed by atoms with Gasteiger partial charge in [0.2, 0.25) is 0 Å². The van der Waals surface area contributed by atoms with E-state index in [9.17, 15) is 9.50 Å². The van der Waals surface area contributed by atoms with E-state index < -0.39 is 5.54 Å². The highest BCUT2D eigenvalue weighted by atomic mass is 19.1. The van der Waals surface area contributed by atoms with Crippen LogP contribution in [-0.2, 0) is 4.74 Å². The summed E-state index contributed by atoms with van der Waals surface area (Å²) in [6.45, 7) is 5.73. The lowest BCUT2D eigenvalue weighted by Gasteiger charge is -2.37. The summed E-state index contributed by atoms with van der Waals surface area (Å²) in [7, 11) is 1.64. The standard InChI is InChI=1S/C14H22FNO2/c1-13(2,18-4)9-14(3,10-17)16-12-7-5-6-11(15)8-12/h5-8,16-17H,9-10H2,1-4H3. The fraction of sp³-hybridized carbons (Fsp3) is 0.571. The monoisotopic (exact) mass is 255 g/mol. The molecule has 1 rings (SSSR count). The van der Waals surface area contributed by atoms with E-state index in [2.05, 4.69) is 5.32 Å². The molecular formula is C14H22FNO2. The SMILES string of the molecule is COC(C)(C)CC(C)(CO)Nc1cccc(F)c1. The van der Waals surface area contributed by atoms with Crippen molar-refractivity contribution in [2.45, 2.75) is 38.3 Å². The zero-order valence-corrected chi connectivity index (χ0v) is 11.5. The number of ether oxygens (including phenoxy) is 1. The molecule has 4 heteroatoms. The third-order valence-corrected chi connectivity index (χ3v) is 2.99. The Hall–Kier alpha value is -1.13. The predicted molar refractivity (Wildman–Crippen MR) is 71.2 cm³/mol. The van der Waals surface area contributed by atoms with E-state index in [1.807, 2.05) is 20.8 Å². The number of hydrogen-bond acceptors (Lipinski definition) is 3. The molecule has 0 aliphatic rings. The highest BCUT2D eigenvalue weighted by molar-refractivity contribution is 5.45. The average molecular weight is 255 g/mol. The molecule has 1 atom stereocenters. The molecule has 102 valence electrons. The number of rotatable bonds is 6. The molecular weight excluding hydrogens is 233 g/mol. The van der Waals surface area contributed by atoms with Gasteiger partial charge in [-0.25, -0.2) is 4.39 Å². The maximum atomic E-state index is 13.1. The van der Waals surface area contributed by atoms with E-state index in [4.69, 9.17) is 4.74 Å². The largest absolute Gasteiger partial charge is 0.394 e. The first kappa shape index (κ1) is 14.9. The molecule has 0 aliphatic carbocycles. The van der Waals surface area contributed by atoms with Crippen LogP contribution in [0.4, 0.5) is 10.1 Å². The van der Waals surface area contributed by atoms with Crippen molar-refractivity contribution in [3.63, 3.8) is 0 Å². The molecule has 1 aromatic carbocycles. The summed E-state index contributed by atoms with van der Waals surface area (Å²) in [6.07, 6.45) is 0.601. The molecule has 0 aromatic heterocycles. The van der Waals surface area contributed by atoms with E-state index >= 15 is 0 Å². The Kier molecular flexibility index (Phi) is 4.71. The van der Waals surface area contributed by atoms with E-state index in [0.717, 1.165) is 0 Å². The van der Waals surface area contributed by atoms with Crippen molar-refractivity contribution < 1.29 is 14.2 Å². The minimum absolute atomic E-state index is 0.0592. The predicted octanol–water partition coefficient (Wildman–Crippen LogP) is 2.80. The van der Waals surface area contributed by atoms with Gasteiger partial charge in [-0.1, -0.05) is 6.07 Å². The van der Waals surface area contributed by atoms with Crippen molar-refractivity contribution in [1.82, 2.24) is 0 Å². The molecule has 0 aliphatic heterocycles. The number of hydrogen-bond donors (Lipinski definition) is 2. The number of nitrogens with one attached hydrogen (secondary N) is 1. The Labute approximate surface area is 108 Å². The Bertz CT molecular complexity index is 395. The first-order chi connectivity index (χ1) is 8.30. The second-order valence-corrected chi connectivity index (χ2v) is 5.49. The fourth-order valence-corrected chi connectivity index (χ4v) is 2.07. The summed E-state index contributed by atoms with van der Waals surface area (Å²) < 4.78 is 18.5. The zero-order chi connectivity index (χ0) is 13.8. The number of anilines is 1. The second kappa shape index (κ2) is 5.67. The summed E-state index contributed by atoms with van der Waals surface area (Å²) in [5.74, 6) is -0.300. The van der Waals surface area contributed by atoms with Crippen molar-refractivity contribution >= 4 is 5.69 Å². The van der Waals surface area contributed by atoms with Gasteiger partial charge >= 0.3 is 0 Å². The zero-order valence-electron chi connectivity index (χ0n) is 11.5. The third-order valence-electron chi connectivity index (χ3n) is 2.99. The number of methoxy groups -OCH3 is 1. The van der Waals surface area contributed by atoms with Crippen LogP contribution in [0.5, 0.6) is 0 Å². The number of halogens is 1. The van der Waals surface area contributed by atoms with Gasteiger partial charge in [0.05, 0.1) is 17.7 Å². The van der Waals surface area contributed by atoms with Gasteiger partial charge in [-0.05, 0) is 39.0 Å². The molecule has 3 nitrogen and oxygen atoms in total. The van der Waals surface area contributed by atoms with E-state index in [1.165, 1.54) is 12.1 Å². The molecule has 2 N–H and O–H groups in total. The van der Waals surface area contributed by atoms with Crippen LogP contribution in [0.3, 0.4) is 0 Å². The van der Waals surface area contributed by atoms with E-state index in [-0.39, 0.29) is 18.0 Å². The Morgan fingerprint density at radius 3 is 2.50 bits per heavy atom. The maximum absolute atomic E-state index is 13.1. The Morgan fingerprint density at radius 2 is 2.00 bits per heavy atom. The lowest BCUT2D eigenvalue weighted by Crippen LogP contribution is -2.45. The summed E-state index contributed by atoms with van der Waals surface area (Å²) in [4.78, 5) is 0. The van der Waals surface area contributed by atoms with Crippen molar-refractivity contribution in [2.24, 2.45) is 0 Å². The van der Waals surface area contributed by atoms with Crippen LogP contribution in [0.2, 0.25) is 0 Å². The topological polar surface area (TPSA) is 41.5 Å². The van der Waals surface area contributed by atoms with Gasteiger partial charge in [-0.3, -0.25) is 0 Å². The lowest BCUT2D eigenvalue weighted by molar-refractivity contribution is -0.00531. The molecule has 18 heavy (non-hydrogen) atoms. The molecule has 0 saturated carbocycles. The van der Waals surface area contributed by atoms with E-state index in [0.29, 0.717) is 12.1 Å². The van der Waals surface area contributed by atoms with Crippen LogP contribution in [0.1, 0.15) is 27.2 Å². The molecule has 0 spiro atoms. The summed E-state index contributed by atoms with van der Waals surface area (Å²) in [5, 5.41) is 12.7. The van der Waals surface area contributed by atoms with Crippen molar-refractivity contribution in [3.8, 4) is 0 Å². The lowest BCUT2D eigenvalue weighted by atomic mass is 9.88. The minimum atomic E-state index is -0.562. The minimum Gasteiger partial charge on any atom is -0.394 e. The summed E-state index contributed by atoms with van der Waals surface area (Å²) in [5.41, 5.74) is -0.274. The van der Waals surface area contributed by atoms with Crippen LogP contribution >= 0.6 is 0 Å². The second-order valence-electron chi connectivity index (χ2n) is 5.49. The van der Waals surface area contributed by atoms with Gasteiger partial charge in [0.1, 0.15) is 5.82 Å². The number of aliphatic hydroxyl groups is 1. The first-order valence-electron chi connectivity index (χ1n) is 6.00. The Balaban J connectivity index is 2.82. The molecule has 0 fully saturated rings. The molecule has 0 amide bonds. The number of aliphatic hydroxyl groups excluding tert-OH is 1. The fourth-order valence-electron chi connectivity index (χ4n) is 2.07. The third kappa shape index (κ3) is 4.27. The molecule has 0 bridgehead atoms. The van der Waals surface area contributed by atoms with Crippen LogP contribution in [-0.4, -0.2) is 30.0 Å². The van der Waals surface area contributed by atoms with E-state index in [1.54, 1.807) is 19.2 Å². The van der Waals surface area contributed by atoms with Crippen LogP contribution in [0.25, 0.3) is 0 Å². The van der Waals surface area contributed by atoms with Gasteiger partial charge in [0.15, 0.2) is 0 Å². The van der Waals surface area contributed by atoms with Crippen molar-refractivity contribution in [1.29, 1.82) is 0 Å². The van der Waals surface area contributed by atoms with Crippen LogP contribution in [0, 0.1) is 5.82 Å². The van der Waals surface area contributed by atoms with Gasteiger partial charge < -0.3 is 15.2 Å². The summed E-state index contributed by atoms with van der Waals surface area (Å²) in [6, 6.07) is 6.21. The number of benzene rings is 1. The Morgan fingerprint density at radius 1 is 1.33 bits per heavy atom. The quantitative estimate of drug-likeness (QED) is 0.821. The summed E-state index contributed by atoms with van der Waals surface area (Å²) >= 11 is 0. The molecule has 0 saturated heterocycles. The molecule has 0 radical (unpaired) electrons. The van der Waals surface area contributed by atoms with Gasteiger partial charge in [0.25, 0.3) is 0 Å². The van der Waals surface area contributed by atoms with Gasteiger partial charge in [0, 0.05) is 19.2 Å². The van der Waals surface area contributed by atoms with Crippen LogP contribution in [0.15, 0.2) is 24.3 Å². The van der Waals surface area contributed by atoms with Crippen molar-refractivity contribution in [2.75, 3.05) is 19.0 Å². The van der Waals surface area contributed by atoms with Crippen LogP contribution < -0.4 is 5.32 Å². The highest BCUT2D eigenvalue weighted by Crippen LogP contribution is 2.26. The molecule has 1 aromatic rings. The normalized spacial score (nSPS) is 15.2. The van der Waals surface area contributed by atoms with Gasteiger partial charge in [-0.2, -0.15) is 0 Å². The smallest absolute Gasteiger partial charge is 0.125 e. The maximum Gasteiger partial charge on any atom is 0.125 e. The van der Waals surface area contributed by atoms with Crippen molar-refractivity contribution in [3.05, 3.63) is 30.1 Å².